The van der Waals surface area contributed by atoms with Gasteiger partial charge in [0, 0.05) is 34.7 Å². The minimum atomic E-state index is -0.951. The maximum absolute atomic E-state index is 10.5. The van der Waals surface area contributed by atoms with Crippen molar-refractivity contribution in [2.45, 2.75) is 6.92 Å². The molecule has 0 aliphatic rings. The number of carboxylic acids is 1. The minimum absolute atomic E-state index is 0.681. The molecule has 0 amide bonds. The number of aliphatic carboxylic acids is 1. The van der Waals surface area contributed by atoms with Crippen molar-refractivity contribution in [3.63, 3.8) is 0 Å². The monoisotopic (exact) mass is 249 g/mol. The molecule has 3 nitrogen and oxygen atoms in total. The average molecular weight is 250 g/mol. The van der Waals surface area contributed by atoms with Gasteiger partial charge < -0.3 is 9.67 Å². The van der Waals surface area contributed by atoms with Crippen molar-refractivity contribution in [2.24, 2.45) is 7.05 Å². The van der Waals surface area contributed by atoms with Crippen molar-refractivity contribution in [3.05, 3.63) is 40.6 Å². The smallest absolute Gasteiger partial charge is 0.328 e. The second-order valence-corrected chi connectivity index (χ2v) is 4.34. The Morgan fingerprint density at radius 2 is 2.18 bits per heavy atom. The predicted molar refractivity (Wildman–Crippen MR) is 69.3 cm³/mol. The molecule has 0 atom stereocenters. The normalized spacial score (nSPS) is 11.5. The van der Waals surface area contributed by atoms with Crippen LogP contribution in [0.4, 0.5) is 0 Å². The van der Waals surface area contributed by atoms with E-state index in [1.165, 1.54) is 0 Å². The highest BCUT2D eigenvalue weighted by atomic mass is 35.5. The number of rotatable bonds is 2. The number of fused-ring (bicyclic) bond motifs is 1. The lowest BCUT2D eigenvalue weighted by Gasteiger charge is -1.99. The van der Waals surface area contributed by atoms with Crippen LogP contribution in [-0.4, -0.2) is 15.6 Å². The lowest BCUT2D eigenvalue weighted by molar-refractivity contribution is -0.131. The van der Waals surface area contributed by atoms with E-state index in [1.54, 1.807) is 6.08 Å². The minimum Gasteiger partial charge on any atom is -0.478 e. The van der Waals surface area contributed by atoms with Crippen LogP contribution < -0.4 is 0 Å². The van der Waals surface area contributed by atoms with Gasteiger partial charge in [0.1, 0.15) is 0 Å². The molecule has 0 bridgehead atoms. The van der Waals surface area contributed by atoms with Gasteiger partial charge in [-0.25, -0.2) is 4.79 Å². The zero-order valence-corrected chi connectivity index (χ0v) is 10.3. The molecule has 0 aliphatic carbocycles. The Morgan fingerprint density at radius 3 is 2.82 bits per heavy atom. The van der Waals surface area contributed by atoms with E-state index in [9.17, 15) is 4.79 Å². The van der Waals surface area contributed by atoms with E-state index < -0.39 is 5.97 Å². The van der Waals surface area contributed by atoms with Gasteiger partial charge in [0.25, 0.3) is 0 Å². The van der Waals surface area contributed by atoms with E-state index in [1.807, 2.05) is 36.7 Å². The van der Waals surface area contributed by atoms with Crippen LogP contribution in [0.15, 0.2) is 24.3 Å². The summed E-state index contributed by atoms with van der Waals surface area (Å²) in [6.07, 6.45) is 2.74. The number of hydrogen-bond donors (Lipinski definition) is 1. The molecule has 0 unspecified atom stereocenters. The van der Waals surface area contributed by atoms with Gasteiger partial charge in [0.2, 0.25) is 0 Å². The molecule has 1 aromatic heterocycles. The second-order valence-electron chi connectivity index (χ2n) is 3.90. The number of benzene rings is 1. The maximum Gasteiger partial charge on any atom is 0.328 e. The standard InChI is InChI=1S/C13H12ClNO2/c1-8-10-7-9(14)3-4-12(10)15(2)11(8)5-6-13(16)17/h3-7H,1-2H3,(H,16,17)/b6-5+. The highest BCUT2D eigenvalue weighted by molar-refractivity contribution is 6.31. The molecule has 17 heavy (non-hydrogen) atoms. The Labute approximate surface area is 104 Å². The van der Waals surface area contributed by atoms with E-state index in [4.69, 9.17) is 16.7 Å². The molecule has 0 saturated heterocycles. The SMILES string of the molecule is Cc1c(/C=C/C(=O)O)n(C)c2ccc(Cl)cc12. The van der Waals surface area contributed by atoms with E-state index in [0.29, 0.717) is 5.02 Å². The van der Waals surface area contributed by atoms with Gasteiger partial charge in [-0.05, 0) is 36.8 Å². The predicted octanol–water partition coefficient (Wildman–Crippen LogP) is 3.24. The molecule has 0 aliphatic heterocycles. The summed E-state index contributed by atoms with van der Waals surface area (Å²) in [6.45, 7) is 1.96. The molecule has 1 aromatic carbocycles. The first-order valence-electron chi connectivity index (χ1n) is 5.16. The summed E-state index contributed by atoms with van der Waals surface area (Å²) in [6, 6.07) is 5.65. The van der Waals surface area contributed by atoms with E-state index in [0.717, 1.165) is 28.2 Å². The van der Waals surface area contributed by atoms with Crippen LogP contribution in [0, 0.1) is 6.92 Å². The van der Waals surface area contributed by atoms with Crippen LogP contribution >= 0.6 is 11.6 Å². The van der Waals surface area contributed by atoms with Crippen LogP contribution in [-0.2, 0) is 11.8 Å². The number of carbonyl (C=O) groups is 1. The molecule has 2 rings (SSSR count). The third-order valence-corrected chi connectivity index (χ3v) is 3.09. The van der Waals surface area contributed by atoms with Crippen molar-refractivity contribution < 1.29 is 9.90 Å². The quantitative estimate of drug-likeness (QED) is 0.831. The molecule has 0 radical (unpaired) electrons. The molecule has 2 aromatic rings. The summed E-state index contributed by atoms with van der Waals surface area (Å²) >= 11 is 5.96. The summed E-state index contributed by atoms with van der Waals surface area (Å²) in [5.74, 6) is -0.951. The first kappa shape index (κ1) is 11.7. The van der Waals surface area contributed by atoms with Gasteiger partial charge in [-0.1, -0.05) is 11.6 Å². The molecule has 0 spiro atoms. The third kappa shape index (κ3) is 2.06. The van der Waals surface area contributed by atoms with Gasteiger partial charge in [-0.2, -0.15) is 0 Å². The van der Waals surface area contributed by atoms with E-state index in [2.05, 4.69) is 0 Å². The first-order chi connectivity index (χ1) is 8.00. The number of carboxylic acid groups (broad SMARTS) is 1. The van der Waals surface area contributed by atoms with Crippen molar-refractivity contribution in [1.82, 2.24) is 4.57 Å². The molecule has 4 heteroatoms. The maximum atomic E-state index is 10.5. The van der Waals surface area contributed by atoms with Gasteiger partial charge >= 0.3 is 5.97 Å². The van der Waals surface area contributed by atoms with Gasteiger partial charge in [0.15, 0.2) is 0 Å². The van der Waals surface area contributed by atoms with Crippen LogP contribution in [0.25, 0.3) is 17.0 Å². The van der Waals surface area contributed by atoms with E-state index >= 15 is 0 Å². The number of aromatic nitrogens is 1. The fourth-order valence-corrected chi connectivity index (χ4v) is 2.18. The second kappa shape index (κ2) is 4.26. The number of aryl methyl sites for hydroxylation is 2. The lowest BCUT2D eigenvalue weighted by Crippen LogP contribution is -1.93. The fourth-order valence-electron chi connectivity index (χ4n) is 2.01. The lowest BCUT2D eigenvalue weighted by atomic mass is 10.1. The molecule has 1 N–H and O–H groups in total. The number of hydrogen-bond acceptors (Lipinski definition) is 1. The van der Waals surface area contributed by atoms with Crippen molar-refractivity contribution in [3.8, 4) is 0 Å². The Balaban J connectivity index is 2.68. The van der Waals surface area contributed by atoms with Crippen LogP contribution in [0.3, 0.4) is 0 Å². The Kier molecular flexibility index (Phi) is 2.94. The summed E-state index contributed by atoms with van der Waals surface area (Å²) in [4.78, 5) is 10.5. The summed E-state index contributed by atoms with van der Waals surface area (Å²) in [5.41, 5.74) is 2.95. The molecule has 1 heterocycles. The fraction of sp³-hybridized carbons (Fsp3) is 0.154. The van der Waals surface area contributed by atoms with Gasteiger partial charge in [-0.3, -0.25) is 0 Å². The molecule has 0 fully saturated rings. The van der Waals surface area contributed by atoms with Crippen LogP contribution in [0.2, 0.25) is 5.02 Å². The Morgan fingerprint density at radius 1 is 1.47 bits per heavy atom. The van der Waals surface area contributed by atoms with Crippen molar-refractivity contribution >= 4 is 34.5 Å². The van der Waals surface area contributed by atoms with Crippen LogP contribution in [0.1, 0.15) is 11.3 Å². The Bertz CT molecular complexity index is 626. The van der Waals surface area contributed by atoms with Crippen LogP contribution in [0.5, 0.6) is 0 Å². The third-order valence-electron chi connectivity index (χ3n) is 2.85. The zero-order chi connectivity index (χ0) is 12.6. The molecular weight excluding hydrogens is 238 g/mol. The molecule has 0 saturated carbocycles. The number of halogens is 1. The van der Waals surface area contributed by atoms with Crippen molar-refractivity contribution in [2.75, 3.05) is 0 Å². The van der Waals surface area contributed by atoms with Gasteiger partial charge in [0.05, 0.1) is 0 Å². The highest BCUT2D eigenvalue weighted by Crippen LogP contribution is 2.28. The largest absolute Gasteiger partial charge is 0.478 e. The highest BCUT2D eigenvalue weighted by Gasteiger charge is 2.09. The summed E-state index contributed by atoms with van der Waals surface area (Å²) in [7, 11) is 1.91. The van der Waals surface area contributed by atoms with Gasteiger partial charge in [-0.15, -0.1) is 0 Å². The zero-order valence-electron chi connectivity index (χ0n) is 9.57. The Hall–Kier alpha value is -1.74. The first-order valence-corrected chi connectivity index (χ1v) is 5.54. The van der Waals surface area contributed by atoms with Crippen molar-refractivity contribution in [1.29, 1.82) is 0 Å². The molecular formula is C13H12ClNO2. The average Bonchev–Trinajstić information content (AvgIpc) is 2.49. The number of nitrogens with zero attached hydrogens (tertiary/aromatic N) is 1. The topological polar surface area (TPSA) is 42.2 Å². The summed E-state index contributed by atoms with van der Waals surface area (Å²) < 4.78 is 1.96. The van der Waals surface area contributed by atoms with E-state index in [-0.39, 0.29) is 0 Å². The molecule has 88 valence electrons. The summed E-state index contributed by atoms with van der Waals surface area (Å²) in [5, 5.41) is 10.4.